The third-order valence-electron chi connectivity index (χ3n) is 4.51. The Morgan fingerprint density at radius 1 is 1.00 bits per heavy atom. The lowest BCUT2D eigenvalue weighted by molar-refractivity contribution is -0.198. The number of carbonyl (C=O) groups is 5. The third kappa shape index (κ3) is 9.31. The van der Waals surface area contributed by atoms with Gasteiger partial charge in [0.15, 0.2) is 0 Å². The molecule has 1 aliphatic rings. The summed E-state index contributed by atoms with van der Waals surface area (Å²) in [7, 11) is -1.40. The first-order valence-electron chi connectivity index (χ1n) is 10.5. The Hall–Kier alpha value is -3.41. The highest BCUT2D eigenvalue weighted by Crippen LogP contribution is 2.13. The number of benzene rings is 1. The summed E-state index contributed by atoms with van der Waals surface area (Å²) in [4.78, 5) is 65.0. The average Bonchev–Trinajstić information content (AvgIpc) is 3.07. The van der Waals surface area contributed by atoms with Crippen molar-refractivity contribution < 1.29 is 38.3 Å². The number of imide groups is 1. The number of hydrogen-bond donors (Lipinski definition) is 2. The highest BCUT2D eigenvalue weighted by molar-refractivity contribution is 6.76. The van der Waals surface area contributed by atoms with E-state index >= 15 is 0 Å². The standard InChI is InChI=1S/C21H29N3O8Si/c1-33(2,3)12-11-30-20(28)22-13-16(19(27)32-24-17(25)9-10-18(24)26)23-21(29)31-14-15-7-5-4-6-8-15/h4-8,16H,9-14H2,1-3H3,(H,22,28)(H,23,29)/t16-/m0/s1. The number of alkyl carbamates (subject to hydrolysis) is 2. The normalized spacial score (nSPS) is 14.5. The number of nitrogens with zero attached hydrogens (tertiary/aromatic N) is 1. The van der Waals surface area contributed by atoms with Crippen LogP contribution in [0.3, 0.4) is 0 Å². The van der Waals surface area contributed by atoms with Crippen LogP contribution >= 0.6 is 0 Å². The van der Waals surface area contributed by atoms with Crippen molar-refractivity contribution in [3.05, 3.63) is 35.9 Å². The Morgan fingerprint density at radius 2 is 1.64 bits per heavy atom. The van der Waals surface area contributed by atoms with Gasteiger partial charge in [-0.3, -0.25) is 9.59 Å². The molecule has 2 N–H and O–H groups in total. The van der Waals surface area contributed by atoms with E-state index in [9.17, 15) is 24.0 Å². The van der Waals surface area contributed by atoms with Crippen LogP contribution in [-0.2, 0) is 35.3 Å². The van der Waals surface area contributed by atoms with Crippen LogP contribution in [0.15, 0.2) is 30.3 Å². The molecule has 4 amide bonds. The van der Waals surface area contributed by atoms with Crippen LogP contribution in [-0.4, -0.2) is 62.3 Å². The summed E-state index contributed by atoms with van der Waals surface area (Å²) in [6, 6.07) is 8.19. The highest BCUT2D eigenvalue weighted by atomic mass is 28.3. The number of nitrogens with one attached hydrogen (secondary N) is 2. The number of ether oxygens (including phenoxy) is 2. The van der Waals surface area contributed by atoms with Gasteiger partial charge in [-0.15, -0.1) is 5.06 Å². The average molecular weight is 480 g/mol. The molecular formula is C21H29N3O8Si. The van der Waals surface area contributed by atoms with E-state index in [1.807, 2.05) is 6.07 Å². The van der Waals surface area contributed by atoms with Gasteiger partial charge in [0.05, 0.1) is 13.2 Å². The number of rotatable bonds is 10. The number of carbonyl (C=O) groups excluding carboxylic acids is 5. The zero-order valence-corrected chi connectivity index (χ0v) is 19.9. The molecule has 33 heavy (non-hydrogen) atoms. The van der Waals surface area contributed by atoms with E-state index in [1.54, 1.807) is 24.3 Å². The van der Waals surface area contributed by atoms with Gasteiger partial charge in [0.1, 0.15) is 12.6 Å². The molecule has 0 unspecified atom stereocenters. The number of amides is 4. The molecule has 12 heteroatoms. The third-order valence-corrected chi connectivity index (χ3v) is 6.22. The lowest BCUT2D eigenvalue weighted by Gasteiger charge is -2.20. The van der Waals surface area contributed by atoms with Crippen molar-refractivity contribution in [2.75, 3.05) is 13.2 Å². The molecule has 180 valence electrons. The van der Waals surface area contributed by atoms with E-state index in [2.05, 4.69) is 30.3 Å². The smallest absolute Gasteiger partial charge is 0.408 e. The summed E-state index contributed by atoms with van der Waals surface area (Å²) >= 11 is 0. The predicted molar refractivity (Wildman–Crippen MR) is 118 cm³/mol. The van der Waals surface area contributed by atoms with Crippen LogP contribution in [0.1, 0.15) is 18.4 Å². The van der Waals surface area contributed by atoms with Crippen LogP contribution in [0.2, 0.25) is 25.7 Å². The molecule has 0 spiro atoms. The fraction of sp³-hybridized carbons (Fsp3) is 0.476. The summed E-state index contributed by atoms with van der Waals surface area (Å²) in [5, 5.41) is 5.01. The van der Waals surface area contributed by atoms with E-state index in [0.29, 0.717) is 5.06 Å². The monoisotopic (exact) mass is 479 g/mol. The minimum Gasteiger partial charge on any atom is -0.450 e. The van der Waals surface area contributed by atoms with Crippen LogP contribution in [0.5, 0.6) is 0 Å². The fourth-order valence-electron chi connectivity index (χ4n) is 2.60. The van der Waals surface area contributed by atoms with Gasteiger partial charge in [-0.05, 0) is 11.6 Å². The van der Waals surface area contributed by atoms with E-state index < -0.39 is 50.6 Å². The molecule has 2 rings (SSSR count). The first-order chi connectivity index (χ1) is 15.5. The predicted octanol–water partition coefficient (Wildman–Crippen LogP) is 1.95. The number of hydroxylamine groups is 2. The molecule has 1 heterocycles. The topological polar surface area (TPSA) is 140 Å². The minimum absolute atomic E-state index is 0.0519. The van der Waals surface area contributed by atoms with Crippen LogP contribution < -0.4 is 10.6 Å². The zero-order valence-electron chi connectivity index (χ0n) is 18.9. The van der Waals surface area contributed by atoms with Gasteiger partial charge in [0.2, 0.25) is 0 Å². The molecule has 1 fully saturated rings. The van der Waals surface area contributed by atoms with Gasteiger partial charge in [-0.25, -0.2) is 14.4 Å². The number of hydrogen-bond acceptors (Lipinski definition) is 8. The van der Waals surface area contributed by atoms with Gasteiger partial charge in [0, 0.05) is 20.9 Å². The summed E-state index contributed by atoms with van der Waals surface area (Å²) in [6.45, 7) is 6.16. The maximum atomic E-state index is 12.5. The van der Waals surface area contributed by atoms with Crippen molar-refractivity contribution in [2.24, 2.45) is 0 Å². The van der Waals surface area contributed by atoms with Crippen molar-refractivity contribution in [2.45, 2.75) is 51.2 Å². The second kappa shape index (κ2) is 12.0. The van der Waals surface area contributed by atoms with Crippen LogP contribution in [0, 0.1) is 0 Å². The maximum Gasteiger partial charge on any atom is 0.408 e. The highest BCUT2D eigenvalue weighted by Gasteiger charge is 2.35. The van der Waals surface area contributed by atoms with Crippen molar-refractivity contribution in [1.29, 1.82) is 0 Å². The molecule has 0 aliphatic carbocycles. The fourth-order valence-corrected chi connectivity index (χ4v) is 3.31. The molecule has 1 aromatic carbocycles. The zero-order chi connectivity index (χ0) is 24.4. The van der Waals surface area contributed by atoms with Crippen LogP contribution in [0.4, 0.5) is 9.59 Å². The summed E-state index contributed by atoms with van der Waals surface area (Å²) in [6.07, 6.45) is -1.89. The maximum absolute atomic E-state index is 12.5. The second-order valence-electron chi connectivity index (χ2n) is 8.58. The first-order valence-corrected chi connectivity index (χ1v) is 14.2. The molecule has 0 saturated carbocycles. The summed E-state index contributed by atoms with van der Waals surface area (Å²) in [5.74, 6) is -2.45. The molecule has 1 saturated heterocycles. The van der Waals surface area contributed by atoms with E-state index in [1.165, 1.54) is 0 Å². The molecular weight excluding hydrogens is 450 g/mol. The SMILES string of the molecule is C[Si](C)(C)CCOC(=O)NC[C@H](NC(=O)OCc1ccccc1)C(=O)ON1C(=O)CCC1=O. The van der Waals surface area contributed by atoms with Gasteiger partial charge in [0.25, 0.3) is 11.8 Å². The quantitative estimate of drug-likeness (QED) is 0.383. The Morgan fingerprint density at radius 3 is 2.24 bits per heavy atom. The van der Waals surface area contributed by atoms with Crippen molar-refractivity contribution >= 4 is 38.0 Å². The minimum atomic E-state index is -1.43. The first kappa shape index (κ1) is 25.8. The second-order valence-corrected chi connectivity index (χ2v) is 14.2. The Kier molecular flexibility index (Phi) is 9.39. The van der Waals surface area contributed by atoms with E-state index in [0.717, 1.165) is 11.6 Å². The van der Waals surface area contributed by atoms with Crippen LogP contribution in [0.25, 0.3) is 0 Å². The molecule has 1 atom stereocenters. The molecule has 0 aromatic heterocycles. The molecule has 11 nitrogen and oxygen atoms in total. The van der Waals surface area contributed by atoms with Gasteiger partial charge in [-0.1, -0.05) is 50.0 Å². The molecule has 0 bridgehead atoms. The van der Waals surface area contributed by atoms with Gasteiger partial charge in [-0.2, -0.15) is 0 Å². The molecule has 1 aromatic rings. The van der Waals surface area contributed by atoms with Gasteiger partial charge >= 0.3 is 18.2 Å². The lowest BCUT2D eigenvalue weighted by Crippen LogP contribution is -2.51. The Labute approximate surface area is 192 Å². The van der Waals surface area contributed by atoms with Crippen molar-refractivity contribution in [1.82, 2.24) is 15.7 Å². The Bertz CT molecular complexity index is 856. The van der Waals surface area contributed by atoms with Crippen molar-refractivity contribution in [3.8, 4) is 0 Å². The van der Waals surface area contributed by atoms with Crippen molar-refractivity contribution in [3.63, 3.8) is 0 Å². The molecule has 1 aliphatic heterocycles. The molecule has 0 radical (unpaired) electrons. The lowest BCUT2D eigenvalue weighted by atomic mass is 10.2. The van der Waals surface area contributed by atoms with E-state index in [-0.39, 0.29) is 26.1 Å². The summed E-state index contributed by atoms with van der Waals surface area (Å²) < 4.78 is 10.2. The van der Waals surface area contributed by atoms with E-state index in [4.69, 9.17) is 14.3 Å². The summed E-state index contributed by atoms with van der Waals surface area (Å²) in [5.41, 5.74) is 0.726. The largest absolute Gasteiger partial charge is 0.450 e. The Balaban J connectivity index is 1.93. The van der Waals surface area contributed by atoms with Gasteiger partial charge < -0.3 is 24.9 Å².